The molecule has 1 fully saturated rings. The first-order valence-electron chi connectivity index (χ1n) is 8.01. The van der Waals surface area contributed by atoms with E-state index < -0.39 is 5.97 Å². The number of ether oxygens (including phenoxy) is 1. The molecule has 1 aromatic carbocycles. The monoisotopic (exact) mass is 362 g/mol. The van der Waals surface area contributed by atoms with Crippen LogP contribution in [0.25, 0.3) is 0 Å². The second-order valence-corrected chi connectivity index (χ2v) is 6.73. The summed E-state index contributed by atoms with van der Waals surface area (Å²) in [6.07, 6.45) is 1.27. The number of hydrogen-bond acceptors (Lipinski definition) is 5. The minimum atomic E-state index is -0.509. The van der Waals surface area contributed by atoms with Crippen LogP contribution in [-0.2, 0) is 25.7 Å². The third kappa shape index (κ3) is 5.35. The number of carbonyl (C=O) groups is 3. The Morgan fingerprint density at radius 3 is 2.64 bits per heavy atom. The van der Waals surface area contributed by atoms with E-state index in [9.17, 15) is 14.4 Å². The molecule has 6 nitrogen and oxygen atoms in total. The van der Waals surface area contributed by atoms with Crippen LogP contribution in [0.5, 0.6) is 0 Å². The number of benzene rings is 1. The van der Waals surface area contributed by atoms with Gasteiger partial charge < -0.3 is 9.64 Å². The SMILES string of the molecule is CCOC(=O)/C=C1\SCC(=O)N1CC(=O)N(C)Cc1ccc(C)cc1. The highest BCUT2D eigenvalue weighted by atomic mass is 32.2. The van der Waals surface area contributed by atoms with Crippen LogP contribution in [0.15, 0.2) is 35.4 Å². The molecule has 0 N–H and O–H groups in total. The van der Waals surface area contributed by atoms with Gasteiger partial charge in [-0.1, -0.05) is 41.6 Å². The fraction of sp³-hybridized carbons (Fsp3) is 0.389. The molecule has 7 heteroatoms. The molecule has 1 saturated heterocycles. The summed E-state index contributed by atoms with van der Waals surface area (Å²) in [4.78, 5) is 39.0. The van der Waals surface area contributed by atoms with Crippen molar-refractivity contribution in [3.05, 3.63) is 46.5 Å². The largest absolute Gasteiger partial charge is 0.463 e. The first-order chi connectivity index (χ1) is 11.9. The lowest BCUT2D eigenvalue weighted by molar-refractivity contribution is -0.138. The van der Waals surface area contributed by atoms with Gasteiger partial charge in [0.15, 0.2) is 0 Å². The summed E-state index contributed by atoms with van der Waals surface area (Å²) >= 11 is 1.24. The zero-order valence-corrected chi connectivity index (χ0v) is 15.5. The third-order valence-electron chi connectivity index (χ3n) is 3.70. The lowest BCUT2D eigenvalue weighted by Crippen LogP contribution is -2.38. The first-order valence-corrected chi connectivity index (χ1v) is 9.00. The molecular weight excluding hydrogens is 340 g/mol. The van der Waals surface area contributed by atoms with E-state index in [0.717, 1.165) is 11.1 Å². The molecule has 1 aromatic rings. The van der Waals surface area contributed by atoms with E-state index in [0.29, 0.717) is 11.6 Å². The minimum absolute atomic E-state index is 0.0839. The molecule has 0 spiro atoms. The molecular formula is C18H22N2O4S. The number of carbonyl (C=O) groups excluding carboxylic acids is 3. The van der Waals surface area contributed by atoms with E-state index in [1.807, 2.05) is 31.2 Å². The molecule has 2 amide bonds. The number of amides is 2. The number of nitrogens with zero attached hydrogens (tertiary/aromatic N) is 2. The van der Waals surface area contributed by atoms with Gasteiger partial charge in [0.1, 0.15) is 6.54 Å². The summed E-state index contributed by atoms with van der Waals surface area (Å²) in [5.41, 5.74) is 2.18. The van der Waals surface area contributed by atoms with Crippen molar-refractivity contribution in [2.45, 2.75) is 20.4 Å². The molecule has 1 heterocycles. The van der Waals surface area contributed by atoms with Crippen LogP contribution in [-0.4, -0.2) is 53.5 Å². The summed E-state index contributed by atoms with van der Waals surface area (Å²) < 4.78 is 4.87. The first kappa shape index (κ1) is 19.1. The maximum atomic E-state index is 12.5. The van der Waals surface area contributed by atoms with E-state index in [2.05, 4.69) is 0 Å². The number of aryl methyl sites for hydroxylation is 1. The van der Waals surface area contributed by atoms with Crippen LogP contribution in [0, 0.1) is 6.92 Å². The van der Waals surface area contributed by atoms with Crippen LogP contribution in [0.2, 0.25) is 0 Å². The Kier molecular flexibility index (Phi) is 6.64. The van der Waals surface area contributed by atoms with Gasteiger partial charge in [-0.15, -0.1) is 0 Å². The predicted molar refractivity (Wildman–Crippen MR) is 96.5 cm³/mol. The highest BCUT2D eigenvalue weighted by molar-refractivity contribution is 8.04. The van der Waals surface area contributed by atoms with Crippen molar-refractivity contribution < 1.29 is 19.1 Å². The van der Waals surface area contributed by atoms with Crippen LogP contribution < -0.4 is 0 Å². The standard InChI is InChI=1S/C18H22N2O4S/c1-4-24-18(23)9-17-20(16(22)12-25-17)11-15(21)19(3)10-14-7-5-13(2)6-8-14/h5-9H,4,10-12H2,1-3H3/b17-9-. The van der Waals surface area contributed by atoms with Crippen LogP contribution in [0.4, 0.5) is 0 Å². The van der Waals surface area contributed by atoms with E-state index in [-0.39, 0.29) is 30.7 Å². The fourth-order valence-corrected chi connectivity index (χ4v) is 3.23. The summed E-state index contributed by atoms with van der Waals surface area (Å²) in [5, 5.41) is 0.459. The molecule has 0 unspecified atom stereocenters. The normalized spacial score (nSPS) is 15.6. The molecule has 0 atom stereocenters. The second-order valence-electron chi connectivity index (χ2n) is 5.74. The van der Waals surface area contributed by atoms with Crippen molar-refractivity contribution in [3.63, 3.8) is 0 Å². The molecule has 0 aromatic heterocycles. The van der Waals surface area contributed by atoms with Crippen molar-refractivity contribution in [2.75, 3.05) is 26.0 Å². The number of hydrogen-bond donors (Lipinski definition) is 0. The highest BCUT2D eigenvalue weighted by Crippen LogP contribution is 2.28. The van der Waals surface area contributed by atoms with Crippen molar-refractivity contribution in [2.24, 2.45) is 0 Å². The van der Waals surface area contributed by atoms with Crippen LogP contribution in [0.1, 0.15) is 18.1 Å². The van der Waals surface area contributed by atoms with Gasteiger partial charge in [0.2, 0.25) is 11.8 Å². The van der Waals surface area contributed by atoms with Gasteiger partial charge in [0.25, 0.3) is 0 Å². The van der Waals surface area contributed by atoms with E-state index >= 15 is 0 Å². The van der Waals surface area contributed by atoms with E-state index in [1.165, 1.54) is 22.7 Å². The number of thioether (sulfide) groups is 1. The Morgan fingerprint density at radius 2 is 2.00 bits per heavy atom. The second kappa shape index (κ2) is 8.71. The molecule has 2 rings (SSSR count). The summed E-state index contributed by atoms with van der Waals surface area (Å²) in [7, 11) is 1.70. The molecule has 0 bridgehead atoms. The zero-order valence-electron chi connectivity index (χ0n) is 14.7. The Bertz CT molecular complexity index is 685. The van der Waals surface area contributed by atoms with Gasteiger partial charge in [-0.3, -0.25) is 14.5 Å². The minimum Gasteiger partial charge on any atom is -0.463 e. The van der Waals surface area contributed by atoms with Crippen molar-refractivity contribution in [1.82, 2.24) is 9.80 Å². The molecule has 0 saturated carbocycles. The fourth-order valence-electron chi connectivity index (χ4n) is 2.30. The molecule has 134 valence electrons. The smallest absolute Gasteiger partial charge is 0.333 e. The van der Waals surface area contributed by atoms with Crippen molar-refractivity contribution in [3.8, 4) is 0 Å². The van der Waals surface area contributed by atoms with Crippen molar-refractivity contribution >= 4 is 29.5 Å². The number of esters is 1. The average Bonchev–Trinajstić information content (AvgIpc) is 2.90. The van der Waals surface area contributed by atoms with E-state index in [4.69, 9.17) is 4.74 Å². The van der Waals surface area contributed by atoms with Gasteiger partial charge >= 0.3 is 5.97 Å². The predicted octanol–water partition coefficient (Wildman–Crippen LogP) is 1.93. The number of rotatable bonds is 6. The van der Waals surface area contributed by atoms with Crippen molar-refractivity contribution in [1.29, 1.82) is 0 Å². The Balaban J connectivity index is 2.00. The van der Waals surface area contributed by atoms with Gasteiger partial charge in [-0.25, -0.2) is 4.79 Å². The Hall–Kier alpha value is -2.28. The molecule has 25 heavy (non-hydrogen) atoms. The summed E-state index contributed by atoms with van der Waals surface area (Å²) in [5.74, 6) is -0.658. The quantitative estimate of drug-likeness (QED) is 0.571. The van der Waals surface area contributed by atoms with E-state index in [1.54, 1.807) is 18.9 Å². The Morgan fingerprint density at radius 1 is 1.32 bits per heavy atom. The third-order valence-corrected chi connectivity index (χ3v) is 4.72. The summed E-state index contributed by atoms with van der Waals surface area (Å²) in [6, 6.07) is 7.94. The average molecular weight is 362 g/mol. The Labute approximate surface area is 151 Å². The summed E-state index contributed by atoms with van der Waals surface area (Å²) in [6.45, 7) is 4.36. The lowest BCUT2D eigenvalue weighted by Gasteiger charge is -2.22. The maximum Gasteiger partial charge on any atom is 0.333 e. The molecule has 0 radical (unpaired) electrons. The lowest BCUT2D eigenvalue weighted by atomic mass is 10.1. The van der Waals surface area contributed by atoms with Crippen LogP contribution >= 0.6 is 11.8 Å². The van der Waals surface area contributed by atoms with Gasteiger partial charge in [-0.05, 0) is 19.4 Å². The van der Waals surface area contributed by atoms with Gasteiger partial charge in [0, 0.05) is 13.6 Å². The molecule has 1 aliphatic rings. The maximum absolute atomic E-state index is 12.5. The number of likely N-dealkylation sites (N-methyl/N-ethyl adjacent to an activating group) is 1. The molecule has 1 aliphatic heterocycles. The molecule has 0 aliphatic carbocycles. The van der Waals surface area contributed by atoms with Gasteiger partial charge in [-0.2, -0.15) is 0 Å². The van der Waals surface area contributed by atoms with Gasteiger partial charge in [0.05, 0.1) is 23.5 Å². The highest BCUT2D eigenvalue weighted by Gasteiger charge is 2.30. The zero-order chi connectivity index (χ0) is 18.4. The topological polar surface area (TPSA) is 66.9 Å². The van der Waals surface area contributed by atoms with Crippen LogP contribution in [0.3, 0.4) is 0 Å².